The maximum Gasteiger partial charge on any atom is 0.123 e. The summed E-state index contributed by atoms with van der Waals surface area (Å²) in [5, 5.41) is 20.5. The zero-order valence-electron chi connectivity index (χ0n) is 14.9. The maximum atomic E-state index is 10.5. The average Bonchev–Trinajstić information content (AvgIpc) is 2.71. The molecule has 2 saturated carbocycles. The second kappa shape index (κ2) is 4.46. The quantitative estimate of drug-likeness (QED) is 0.695. The summed E-state index contributed by atoms with van der Waals surface area (Å²) in [7, 11) is 0. The summed E-state index contributed by atoms with van der Waals surface area (Å²) in [5.41, 5.74) is 3.14. The maximum absolute atomic E-state index is 10.5. The first kappa shape index (κ1) is 15.4. The van der Waals surface area contributed by atoms with Crippen LogP contribution in [-0.2, 0) is 11.8 Å². The van der Waals surface area contributed by atoms with Gasteiger partial charge in [0.15, 0.2) is 0 Å². The lowest BCUT2D eigenvalue weighted by Gasteiger charge is -2.61. The smallest absolute Gasteiger partial charge is 0.123 e. The summed E-state index contributed by atoms with van der Waals surface area (Å²) in [5.74, 6) is 1.86. The van der Waals surface area contributed by atoms with Crippen LogP contribution in [0.15, 0.2) is 12.1 Å². The number of hydrogen-bond donors (Lipinski definition) is 2. The average molecular weight is 314 g/mol. The van der Waals surface area contributed by atoms with Gasteiger partial charge in [-0.3, -0.25) is 0 Å². The number of hydrogen-bond acceptors (Lipinski definition) is 2. The van der Waals surface area contributed by atoms with Gasteiger partial charge in [0.1, 0.15) is 11.5 Å². The minimum Gasteiger partial charge on any atom is -0.508 e. The Balaban J connectivity index is 1.84. The molecule has 4 atom stereocenters. The van der Waals surface area contributed by atoms with Crippen LogP contribution in [0.5, 0.6) is 11.5 Å². The van der Waals surface area contributed by atoms with Crippen LogP contribution in [0.2, 0.25) is 0 Å². The lowest BCUT2D eigenvalue weighted by molar-refractivity contribution is -0.0984. The first-order valence-electron chi connectivity index (χ1n) is 9.24. The van der Waals surface area contributed by atoms with Crippen molar-refractivity contribution in [1.29, 1.82) is 0 Å². The third-order valence-corrected chi connectivity index (χ3v) is 7.97. The molecule has 1 aromatic rings. The van der Waals surface area contributed by atoms with Gasteiger partial charge in [-0.15, -0.1) is 0 Å². The Morgan fingerprint density at radius 2 is 1.70 bits per heavy atom. The van der Waals surface area contributed by atoms with E-state index < -0.39 is 0 Å². The monoisotopic (exact) mass is 314 g/mol. The van der Waals surface area contributed by atoms with E-state index in [4.69, 9.17) is 0 Å². The van der Waals surface area contributed by atoms with E-state index in [2.05, 4.69) is 27.7 Å². The summed E-state index contributed by atoms with van der Waals surface area (Å²) in [6.45, 7) is 9.80. The molecule has 2 nitrogen and oxygen atoms in total. The highest BCUT2D eigenvalue weighted by molar-refractivity contribution is 5.54. The molecular formula is C21H30O2. The number of aromatic hydroxyl groups is 2. The van der Waals surface area contributed by atoms with Gasteiger partial charge in [-0.05, 0) is 66.4 Å². The molecule has 0 aromatic heterocycles. The Labute approximate surface area is 139 Å². The van der Waals surface area contributed by atoms with Gasteiger partial charge in [-0.2, -0.15) is 0 Å². The van der Waals surface area contributed by atoms with Gasteiger partial charge in [-0.1, -0.05) is 34.1 Å². The second-order valence-electron chi connectivity index (χ2n) is 9.61. The first-order chi connectivity index (χ1) is 10.7. The Morgan fingerprint density at radius 3 is 2.43 bits per heavy atom. The number of fused-ring (bicyclic) bond motifs is 5. The first-order valence-corrected chi connectivity index (χ1v) is 9.24. The van der Waals surface area contributed by atoms with E-state index in [1.807, 2.05) is 6.07 Å². The van der Waals surface area contributed by atoms with Crippen molar-refractivity contribution >= 4 is 0 Å². The van der Waals surface area contributed by atoms with Crippen LogP contribution >= 0.6 is 0 Å². The van der Waals surface area contributed by atoms with Crippen LogP contribution in [-0.4, -0.2) is 10.2 Å². The van der Waals surface area contributed by atoms with E-state index in [0.29, 0.717) is 22.5 Å². The van der Waals surface area contributed by atoms with Gasteiger partial charge in [-0.25, -0.2) is 0 Å². The molecule has 2 N–H and O–H groups in total. The third-order valence-electron chi connectivity index (χ3n) is 7.97. The van der Waals surface area contributed by atoms with Crippen LogP contribution in [0.4, 0.5) is 0 Å². The molecule has 4 rings (SSSR count). The van der Waals surface area contributed by atoms with E-state index in [1.165, 1.54) is 37.3 Å². The van der Waals surface area contributed by atoms with Crippen LogP contribution in [0, 0.1) is 22.7 Å². The molecule has 3 aliphatic rings. The zero-order chi connectivity index (χ0) is 16.6. The van der Waals surface area contributed by atoms with Crippen molar-refractivity contribution in [3.05, 3.63) is 23.3 Å². The van der Waals surface area contributed by atoms with Gasteiger partial charge in [0.25, 0.3) is 0 Å². The Bertz CT molecular complexity index is 662. The molecule has 0 heterocycles. The third kappa shape index (κ3) is 1.87. The number of benzene rings is 1. The number of phenolic OH excluding ortho intramolecular Hbond substituents is 2. The molecule has 23 heavy (non-hydrogen) atoms. The molecule has 0 aliphatic heterocycles. The standard InChI is InChI=1S/C21H30O2/c1-19(2)7-5-8-20(3)16(19)6-9-21(4)17(20)11-13-10-14(22)12-15(23)18(13)21/h10,12,16-17,22-23H,5-9,11H2,1-4H3/t16-,17+,20-,21-/m0/s1. The van der Waals surface area contributed by atoms with E-state index in [-0.39, 0.29) is 11.2 Å². The minimum absolute atomic E-state index is 0.0613. The summed E-state index contributed by atoms with van der Waals surface area (Å²) in [4.78, 5) is 0. The molecule has 0 bridgehead atoms. The fourth-order valence-electron chi connectivity index (χ4n) is 7.12. The largest absolute Gasteiger partial charge is 0.508 e. The highest BCUT2D eigenvalue weighted by Crippen LogP contribution is 2.68. The highest BCUT2D eigenvalue weighted by atomic mass is 16.3. The molecular weight excluding hydrogens is 284 g/mol. The highest BCUT2D eigenvalue weighted by Gasteiger charge is 2.61. The van der Waals surface area contributed by atoms with E-state index in [1.54, 1.807) is 0 Å². The Morgan fingerprint density at radius 1 is 0.957 bits per heavy atom. The van der Waals surface area contributed by atoms with Crippen LogP contribution in [0.25, 0.3) is 0 Å². The number of phenols is 2. The van der Waals surface area contributed by atoms with Crippen LogP contribution < -0.4 is 0 Å². The molecule has 1 aromatic carbocycles. The fraction of sp³-hybridized carbons (Fsp3) is 0.714. The van der Waals surface area contributed by atoms with Crippen LogP contribution in [0.1, 0.15) is 70.9 Å². The normalized spacial score (nSPS) is 41.0. The fourth-order valence-corrected chi connectivity index (χ4v) is 7.12. The molecule has 0 amide bonds. The van der Waals surface area contributed by atoms with Crippen molar-refractivity contribution in [3.8, 4) is 11.5 Å². The van der Waals surface area contributed by atoms with Crippen LogP contribution in [0.3, 0.4) is 0 Å². The summed E-state index contributed by atoms with van der Waals surface area (Å²) < 4.78 is 0. The van der Waals surface area contributed by atoms with E-state index in [9.17, 15) is 10.2 Å². The van der Waals surface area contributed by atoms with Gasteiger partial charge >= 0.3 is 0 Å². The molecule has 3 aliphatic carbocycles. The van der Waals surface area contributed by atoms with Gasteiger partial charge in [0.2, 0.25) is 0 Å². The van der Waals surface area contributed by atoms with Gasteiger partial charge in [0.05, 0.1) is 0 Å². The van der Waals surface area contributed by atoms with E-state index >= 15 is 0 Å². The zero-order valence-corrected chi connectivity index (χ0v) is 14.9. The topological polar surface area (TPSA) is 40.5 Å². The Hall–Kier alpha value is -1.18. The SMILES string of the molecule is CC1(C)CCC[C@]2(C)[C@H]3Cc4cc(O)cc(O)c4[C@@]3(C)CC[C@@H]12. The lowest BCUT2D eigenvalue weighted by Crippen LogP contribution is -2.55. The minimum atomic E-state index is 0.0613. The molecule has 126 valence electrons. The molecule has 0 unspecified atom stereocenters. The lowest BCUT2D eigenvalue weighted by atomic mass is 9.43. The summed E-state index contributed by atoms with van der Waals surface area (Å²) in [6, 6.07) is 3.43. The molecule has 0 spiro atoms. The predicted octanol–water partition coefficient (Wildman–Crippen LogP) is 5.15. The summed E-state index contributed by atoms with van der Waals surface area (Å²) >= 11 is 0. The molecule has 0 saturated heterocycles. The predicted molar refractivity (Wildman–Crippen MR) is 92.8 cm³/mol. The molecule has 2 fully saturated rings. The van der Waals surface area contributed by atoms with Crippen molar-refractivity contribution in [3.63, 3.8) is 0 Å². The summed E-state index contributed by atoms with van der Waals surface area (Å²) in [6.07, 6.45) is 7.40. The number of rotatable bonds is 0. The van der Waals surface area contributed by atoms with Crippen molar-refractivity contribution in [2.75, 3.05) is 0 Å². The molecule has 0 radical (unpaired) electrons. The van der Waals surface area contributed by atoms with Crippen molar-refractivity contribution in [2.45, 2.75) is 71.6 Å². The Kier molecular flexibility index (Phi) is 2.98. The van der Waals surface area contributed by atoms with Crippen molar-refractivity contribution < 1.29 is 10.2 Å². The second-order valence-corrected chi connectivity index (χ2v) is 9.61. The van der Waals surface area contributed by atoms with Crippen molar-refractivity contribution in [2.24, 2.45) is 22.7 Å². The molecule has 2 heteroatoms. The van der Waals surface area contributed by atoms with E-state index in [0.717, 1.165) is 24.3 Å². The van der Waals surface area contributed by atoms with Crippen molar-refractivity contribution in [1.82, 2.24) is 0 Å². The van der Waals surface area contributed by atoms with Gasteiger partial charge < -0.3 is 10.2 Å². The van der Waals surface area contributed by atoms with Gasteiger partial charge in [0, 0.05) is 17.0 Å².